The van der Waals surface area contributed by atoms with Crippen molar-refractivity contribution in [3.05, 3.63) is 77.6 Å². The summed E-state index contributed by atoms with van der Waals surface area (Å²) < 4.78 is 2.54. The van der Waals surface area contributed by atoms with Crippen molar-refractivity contribution < 1.29 is 4.57 Å². The first-order chi connectivity index (χ1) is 9.82. The standard InChI is InChI=1S/C19H18N/c1-19-15-9-3-2-7-13(15)18(14-8-6-10-16(14)19)17-11-4-5-12-20(17)19/h2-7,9-12,14,16,18H,8H2,1H3/q+1. The van der Waals surface area contributed by atoms with Crippen molar-refractivity contribution in [2.24, 2.45) is 11.8 Å². The minimum atomic E-state index is 0.0829. The molecule has 3 heterocycles. The number of rotatable bonds is 0. The molecule has 2 bridgehead atoms. The van der Waals surface area contributed by atoms with Crippen LogP contribution in [0.3, 0.4) is 0 Å². The molecule has 0 amide bonds. The van der Waals surface area contributed by atoms with Crippen LogP contribution in [0.25, 0.3) is 0 Å². The molecule has 0 radical (unpaired) electrons. The van der Waals surface area contributed by atoms with Crippen LogP contribution in [-0.4, -0.2) is 0 Å². The zero-order chi connectivity index (χ0) is 13.3. The van der Waals surface area contributed by atoms with Gasteiger partial charge in [-0.1, -0.05) is 42.5 Å². The summed E-state index contributed by atoms with van der Waals surface area (Å²) in [6.45, 7) is 2.43. The summed E-state index contributed by atoms with van der Waals surface area (Å²) in [4.78, 5) is 0. The van der Waals surface area contributed by atoms with E-state index in [-0.39, 0.29) is 5.54 Å². The summed E-state index contributed by atoms with van der Waals surface area (Å²) in [5.74, 6) is 1.95. The SMILES string of the molecule is CC12c3ccccc3C(c3cccc[n+]31)C1CC=CC12. The quantitative estimate of drug-likeness (QED) is 0.505. The van der Waals surface area contributed by atoms with Gasteiger partial charge in [0.1, 0.15) is 0 Å². The van der Waals surface area contributed by atoms with E-state index in [1.165, 1.54) is 17.7 Å². The van der Waals surface area contributed by atoms with Gasteiger partial charge in [0.2, 0.25) is 0 Å². The number of benzene rings is 1. The number of hydrogen-bond donors (Lipinski definition) is 0. The summed E-state index contributed by atoms with van der Waals surface area (Å²) >= 11 is 0. The third kappa shape index (κ3) is 1.02. The molecule has 4 atom stereocenters. The lowest BCUT2D eigenvalue weighted by molar-refractivity contribution is -0.775. The first kappa shape index (κ1) is 10.8. The fraction of sp³-hybridized carbons (Fsp3) is 0.316. The number of nitrogens with zero attached hydrogens (tertiary/aromatic N) is 1. The van der Waals surface area contributed by atoms with Gasteiger partial charge in [0, 0.05) is 24.6 Å². The second-order valence-electron chi connectivity index (χ2n) is 6.56. The molecule has 2 aliphatic heterocycles. The molecule has 20 heavy (non-hydrogen) atoms. The zero-order valence-corrected chi connectivity index (χ0v) is 11.7. The molecular weight excluding hydrogens is 242 g/mol. The van der Waals surface area contributed by atoms with Crippen molar-refractivity contribution in [3.63, 3.8) is 0 Å². The van der Waals surface area contributed by atoms with E-state index in [1.54, 1.807) is 5.56 Å². The molecule has 4 aliphatic rings. The highest BCUT2D eigenvalue weighted by Crippen LogP contribution is 2.57. The van der Waals surface area contributed by atoms with Gasteiger partial charge in [-0.15, -0.1) is 0 Å². The van der Waals surface area contributed by atoms with Crippen LogP contribution in [0.4, 0.5) is 0 Å². The molecule has 0 saturated carbocycles. The third-order valence-electron chi connectivity index (χ3n) is 5.84. The maximum atomic E-state index is 2.54. The lowest BCUT2D eigenvalue weighted by atomic mass is 9.57. The van der Waals surface area contributed by atoms with Crippen LogP contribution in [0.5, 0.6) is 0 Å². The molecule has 0 spiro atoms. The Morgan fingerprint density at radius 3 is 2.90 bits per heavy atom. The molecule has 1 aromatic carbocycles. The van der Waals surface area contributed by atoms with E-state index >= 15 is 0 Å². The van der Waals surface area contributed by atoms with Crippen molar-refractivity contribution in [2.75, 3.05) is 0 Å². The van der Waals surface area contributed by atoms with Crippen molar-refractivity contribution in [1.82, 2.24) is 0 Å². The Hall–Kier alpha value is -1.89. The maximum Gasteiger partial charge on any atom is 0.197 e. The number of allylic oxidation sites excluding steroid dienone is 2. The van der Waals surface area contributed by atoms with Crippen LogP contribution in [0.2, 0.25) is 0 Å². The second-order valence-corrected chi connectivity index (χ2v) is 6.56. The molecule has 4 unspecified atom stereocenters. The van der Waals surface area contributed by atoms with Gasteiger partial charge in [0.05, 0.1) is 11.8 Å². The average molecular weight is 260 g/mol. The molecule has 6 rings (SSSR count). The van der Waals surface area contributed by atoms with E-state index in [0.717, 1.165) is 5.92 Å². The van der Waals surface area contributed by atoms with Crippen LogP contribution in [-0.2, 0) is 5.54 Å². The van der Waals surface area contributed by atoms with Crippen LogP contribution in [0, 0.1) is 11.8 Å². The highest BCUT2D eigenvalue weighted by Gasteiger charge is 2.62. The number of hydrogen-bond acceptors (Lipinski definition) is 0. The highest BCUT2D eigenvalue weighted by molar-refractivity contribution is 5.47. The molecule has 0 saturated heterocycles. The van der Waals surface area contributed by atoms with Crippen LogP contribution in [0.1, 0.15) is 36.1 Å². The zero-order valence-electron chi connectivity index (χ0n) is 11.7. The van der Waals surface area contributed by atoms with Gasteiger partial charge in [-0.3, -0.25) is 0 Å². The Morgan fingerprint density at radius 2 is 1.95 bits per heavy atom. The molecule has 0 N–H and O–H groups in total. The molecule has 1 aromatic heterocycles. The van der Waals surface area contributed by atoms with Gasteiger partial charge in [-0.2, -0.15) is 4.57 Å². The van der Waals surface area contributed by atoms with E-state index in [1.807, 2.05) is 0 Å². The Morgan fingerprint density at radius 1 is 1.10 bits per heavy atom. The second kappa shape index (κ2) is 3.41. The third-order valence-corrected chi connectivity index (χ3v) is 5.84. The Kier molecular flexibility index (Phi) is 1.85. The fourth-order valence-corrected chi connectivity index (χ4v) is 5.06. The van der Waals surface area contributed by atoms with Gasteiger partial charge in [-0.05, 0) is 17.9 Å². The number of aromatic nitrogens is 1. The van der Waals surface area contributed by atoms with Gasteiger partial charge in [0.15, 0.2) is 17.4 Å². The predicted molar refractivity (Wildman–Crippen MR) is 78.4 cm³/mol. The van der Waals surface area contributed by atoms with Crippen molar-refractivity contribution in [2.45, 2.75) is 24.8 Å². The van der Waals surface area contributed by atoms with Crippen molar-refractivity contribution in [1.29, 1.82) is 0 Å². The summed E-state index contributed by atoms with van der Waals surface area (Å²) in [5.41, 5.74) is 4.67. The van der Waals surface area contributed by atoms with E-state index in [2.05, 4.69) is 72.3 Å². The van der Waals surface area contributed by atoms with E-state index in [4.69, 9.17) is 0 Å². The lowest BCUT2D eigenvalue weighted by Crippen LogP contribution is -2.69. The van der Waals surface area contributed by atoms with Gasteiger partial charge in [-0.25, -0.2) is 0 Å². The predicted octanol–water partition coefficient (Wildman–Crippen LogP) is 3.39. The number of pyridine rings is 1. The van der Waals surface area contributed by atoms with Gasteiger partial charge < -0.3 is 0 Å². The topological polar surface area (TPSA) is 3.88 Å². The lowest BCUT2D eigenvalue weighted by Gasteiger charge is -2.48. The van der Waals surface area contributed by atoms with Crippen molar-refractivity contribution >= 4 is 0 Å². The maximum absolute atomic E-state index is 2.54. The van der Waals surface area contributed by atoms with E-state index < -0.39 is 0 Å². The van der Waals surface area contributed by atoms with Gasteiger partial charge >= 0.3 is 0 Å². The molecule has 2 aromatic rings. The summed E-state index contributed by atoms with van der Waals surface area (Å²) in [5, 5.41) is 0. The van der Waals surface area contributed by atoms with Crippen LogP contribution < -0.4 is 4.57 Å². The van der Waals surface area contributed by atoms with Gasteiger partial charge in [0.25, 0.3) is 0 Å². The molecular formula is C19H18N+. The monoisotopic (exact) mass is 260 g/mol. The van der Waals surface area contributed by atoms with Crippen LogP contribution >= 0.6 is 0 Å². The Balaban J connectivity index is 1.93. The van der Waals surface area contributed by atoms with E-state index in [9.17, 15) is 0 Å². The largest absolute Gasteiger partial charge is 0.197 e. The molecule has 2 aliphatic carbocycles. The first-order valence-electron chi connectivity index (χ1n) is 7.59. The summed E-state index contributed by atoms with van der Waals surface area (Å²) in [6.07, 6.45) is 8.38. The van der Waals surface area contributed by atoms with E-state index in [0.29, 0.717) is 11.8 Å². The normalized spacial score (nSPS) is 35.5. The minimum Gasteiger partial charge on any atom is -0.192 e. The van der Waals surface area contributed by atoms with Crippen LogP contribution in [0.15, 0.2) is 60.8 Å². The smallest absolute Gasteiger partial charge is 0.192 e. The highest BCUT2D eigenvalue weighted by atomic mass is 15.1. The summed E-state index contributed by atoms with van der Waals surface area (Å²) in [7, 11) is 0. The minimum absolute atomic E-state index is 0.0829. The Bertz CT molecular complexity index is 695. The molecule has 98 valence electrons. The summed E-state index contributed by atoms with van der Waals surface area (Å²) in [6, 6.07) is 15.8. The average Bonchev–Trinajstić information content (AvgIpc) is 2.99. The molecule has 1 nitrogen and oxygen atoms in total. The fourth-order valence-electron chi connectivity index (χ4n) is 5.06. The molecule has 1 heteroatoms. The Labute approximate surface area is 119 Å². The molecule has 0 fully saturated rings. The van der Waals surface area contributed by atoms with Crippen molar-refractivity contribution in [3.8, 4) is 0 Å². The first-order valence-corrected chi connectivity index (χ1v) is 7.59.